The molecule has 0 aliphatic rings. The number of terminal acetylenes is 1. The summed E-state index contributed by atoms with van der Waals surface area (Å²) >= 11 is 0. The molecule has 4 nitrogen and oxygen atoms in total. The number of hydrogen-bond acceptors (Lipinski definition) is 3. The molecule has 4 heteroatoms. The second-order valence-corrected chi connectivity index (χ2v) is 5.24. The molecule has 0 radical (unpaired) electrons. The first-order valence-electron chi connectivity index (χ1n) is 7.84. The van der Waals surface area contributed by atoms with E-state index in [0.29, 0.717) is 17.0 Å². The highest BCUT2D eigenvalue weighted by Gasteiger charge is 2.09. The smallest absolute Gasteiger partial charge is 0.266 e. The Balaban J connectivity index is 2.14. The summed E-state index contributed by atoms with van der Waals surface area (Å²) in [5.74, 6) is 2.51. The van der Waals surface area contributed by atoms with E-state index in [1.807, 2.05) is 30.3 Å². The first-order valence-corrected chi connectivity index (χ1v) is 7.84. The summed E-state index contributed by atoms with van der Waals surface area (Å²) in [6.07, 6.45) is 7.60. The Hall–Kier alpha value is -3.50. The summed E-state index contributed by atoms with van der Waals surface area (Å²) in [6.45, 7) is 2.22. The largest absolute Gasteiger partial charge is 0.481 e. The van der Waals surface area contributed by atoms with E-state index in [2.05, 4.69) is 18.2 Å². The maximum Gasteiger partial charge on any atom is 0.266 e. The van der Waals surface area contributed by atoms with Gasteiger partial charge in [0.05, 0.1) is 0 Å². The van der Waals surface area contributed by atoms with Crippen LogP contribution in [0, 0.1) is 23.7 Å². The van der Waals surface area contributed by atoms with Gasteiger partial charge >= 0.3 is 0 Å². The lowest BCUT2D eigenvalue weighted by Gasteiger charge is -2.06. The number of ether oxygens (including phenoxy) is 1. The van der Waals surface area contributed by atoms with Crippen LogP contribution >= 0.6 is 0 Å². The molecule has 1 N–H and O–H groups in total. The van der Waals surface area contributed by atoms with Crippen molar-refractivity contribution in [1.82, 2.24) is 0 Å². The normalized spacial score (nSPS) is 10.4. The minimum absolute atomic E-state index is 0.00803. The van der Waals surface area contributed by atoms with Gasteiger partial charge in [-0.1, -0.05) is 37.1 Å². The summed E-state index contributed by atoms with van der Waals surface area (Å²) in [6, 6.07) is 16.5. The van der Waals surface area contributed by atoms with E-state index in [1.54, 1.807) is 24.3 Å². The Morgan fingerprint density at radius 1 is 1.28 bits per heavy atom. The molecule has 2 rings (SSSR count). The molecule has 2 aromatic carbocycles. The summed E-state index contributed by atoms with van der Waals surface area (Å²) in [5, 5.41) is 12.0. The second-order valence-electron chi connectivity index (χ2n) is 5.24. The third-order valence-corrected chi connectivity index (χ3v) is 3.48. The molecular formula is C21H18N2O2. The lowest BCUT2D eigenvalue weighted by molar-refractivity contribution is -0.112. The van der Waals surface area contributed by atoms with Crippen LogP contribution in [-0.2, 0) is 11.2 Å². The van der Waals surface area contributed by atoms with E-state index in [-0.39, 0.29) is 12.2 Å². The fraction of sp³-hybridized carbons (Fsp3) is 0.143. The number of nitriles is 1. The molecular weight excluding hydrogens is 312 g/mol. The molecule has 0 spiro atoms. The van der Waals surface area contributed by atoms with Crippen molar-refractivity contribution in [3.8, 4) is 24.2 Å². The van der Waals surface area contributed by atoms with Crippen LogP contribution in [-0.4, -0.2) is 12.5 Å². The second kappa shape index (κ2) is 8.96. The summed E-state index contributed by atoms with van der Waals surface area (Å²) in [4.78, 5) is 12.3. The van der Waals surface area contributed by atoms with Crippen LogP contribution < -0.4 is 10.1 Å². The predicted octanol–water partition coefficient (Wildman–Crippen LogP) is 3.81. The van der Waals surface area contributed by atoms with Crippen LogP contribution in [0.5, 0.6) is 5.75 Å². The van der Waals surface area contributed by atoms with E-state index in [9.17, 15) is 10.1 Å². The number of amides is 1. The first-order chi connectivity index (χ1) is 12.2. The highest BCUT2D eigenvalue weighted by atomic mass is 16.5. The molecule has 124 valence electrons. The lowest BCUT2D eigenvalue weighted by atomic mass is 10.1. The molecule has 0 atom stereocenters. The average molecular weight is 330 g/mol. The van der Waals surface area contributed by atoms with E-state index in [4.69, 9.17) is 11.2 Å². The summed E-state index contributed by atoms with van der Waals surface area (Å²) < 4.78 is 5.34. The van der Waals surface area contributed by atoms with E-state index in [0.717, 1.165) is 6.42 Å². The third-order valence-electron chi connectivity index (χ3n) is 3.48. The molecule has 0 aliphatic carbocycles. The first kappa shape index (κ1) is 17.8. The molecule has 0 aliphatic heterocycles. The number of nitrogens with zero attached hydrogens (tertiary/aromatic N) is 1. The number of aryl methyl sites for hydroxylation is 1. The minimum Gasteiger partial charge on any atom is -0.481 e. The van der Waals surface area contributed by atoms with Crippen molar-refractivity contribution in [1.29, 1.82) is 5.26 Å². The highest BCUT2D eigenvalue weighted by Crippen LogP contribution is 2.17. The van der Waals surface area contributed by atoms with Gasteiger partial charge in [-0.05, 0) is 47.9 Å². The zero-order chi connectivity index (χ0) is 18.1. The molecule has 0 bridgehead atoms. The third kappa shape index (κ3) is 5.27. The van der Waals surface area contributed by atoms with Crippen molar-refractivity contribution in [2.24, 2.45) is 0 Å². The maximum atomic E-state index is 12.3. The van der Waals surface area contributed by atoms with Crippen molar-refractivity contribution in [3.63, 3.8) is 0 Å². The molecule has 0 aromatic heterocycles. The number of anilines is 1. The molecule has 1 amide bonds. The van der Waals surface area contributed by atoms with Crippen LogP contribution in [0.2, 0.25) is 0 Å². The Morgan fingerprint density at radius 3 is 2.68 bits per heavy atom. The number of carbonyl (C=O) groups excluding carboxylic acids is 1. The topological polar surface area (TPSA) is 62.1 Å². The molecule has 0 saturated carbocycles. The average Bonchev–Trinajstić information content (AvgIpc) is 2.65. The van der Waals surface area contributed by atoms with Crippen molar-refractivity contribution >= 4 is 17.7 Å². The van der Waals surface area contributed by atoms with Crippen molar-refractivity contribution in [2.45, 2.75) is 13.3 Å². The lowest BCUT2D eigenvalue weighted by Crippen LogP contribution is -2.13. The highest BCUT2D eigenvalue weighted by molar-refractivity contribution is 6.09. The quantitative estimate of drug-likeness (QED) is 0.498. The zero-order valence-corrected chi connectivity index (χ0v) is 14.0. The minimum atomic E-state index is -0.457. The Bertz CT molecular complexity index is 853. The molecule has 2 aromatic rings. The van der Waals surface area contributed by atoms with Gasteiger partial charge in [0.25, 0.3) is 5.91 Å². The van der Waals surface area contributed by atoms with E-state index < -0.39 is 5.91 Å². The maximum absolute atomic E-state index is 12.3. The van der Waals surface area contributed by atoms with Gasteiger partial charge in [0, 0.05) is 5.69 Å². The van der Waals surface area contributed by atoms with Crippen molar-refractivity contribution in [3.05, 3.63) is 65.2 Å². The Kier molecular flexibility index (Phi) is 6.39. The zero-order valence-electron chi connectivity index (χ0n) is 14.0. The number of nitrogens with one attached hydrogen (secondary N) is 1. The fourth-order valence-electron chi connectivity index (χ4n) is 2.16. The number of benzene rings is 2. The van der Waals surface area contributed by atoms with Gasteiger partial charge in [0.2, 0.25) is 0 Å². The standard InChI is InChI=1S/C21H18N2O2/c1-3-12-25-20-7-5-6-17(14-20)13-18(15-22)21(24)23-19-10-8-16(4-2)9-11-19/h1,5-11,13-14H,4,12H2,2H3,(H,23,24)/b18-13-. The molecule has 25 heavy (non-hydrogen) atoms. The van der Waals surface area contributed by atoms with Gasteiger partial charge in [0.15, 0.2) is 0 Å². The number of carbonyl (C=O) groups is 1. The fourth-order valence-corrected chi connectivity index (χ4v) is 2.16. The van der Waals surface area contributed by atoms with Gasteiger partial charge < -0.3 is 10.1 Å². The van der Waals surface area contributed by atoms with Crippen LogP contribution in [0.1, 0.15) is 18.1 Å². The van der Waals surface area contributed by atoms with Gasteiger partial charge in [0.1, 0.15) is 24.0 Å². The van der Waals surface area contributed by atoms with Gasteiger partial charge in [-0.25, -0.2) is 0 Å². The van der Waals surface area contributed by atoms with E-state index >= 15 is 0 Å². The van der Waals surface area contributed by atoms with Crippen molar-refractivity contribution < 1.29 is 9.53 Å². The monoisotopic (exact) mass is 330 g/mol. The number of hydrogen-bond donors (Lipinski definition) is 1. The van der Waals surface area contributed by atoms with Gasteiger partial charge in [-0.3, -0.25) is 4.79 Å². The number of rotatable bonds is 6. The van der Waals surface area contributed by atoms with Gasteiger partial charge in [-0.2, -0.15) is 5.26 Å². The molecule has 0 unspecified atom stereocenters. The van der Waals surface area contributed by atoms with Crippen molar-refractivity contribution in [2.75, 3.05) is 11.9 Å². The van der Waals surface area contributed by atoms with E-state index in [1.165, 1.54) is 11.6 Å². The molecule has 0 saturated heterocycles. The molecule has 0 fully saturated rings. The molecule has 0 heterocycles. The SMILES string of the molecule is C#CCOc1cccc(/C=C(/C#N)C(=O)Nc2ccc(CC)cc2)c1. The van der Waals surface area contributed by atoms with Crippen LogP contribution in [0.25, 0.3) is 6.08 Å². The Morgan fingerprint density at radius 2 is 2.04 bits per heavy atom. The summed E-state index contributed by atoms with van der Waals surface area (Å²) in [5.41, 5.74) is 2.52. The predicted molar refractivity (Wildman–Crippen MR) is 98.8 cm³/mol. The summed E-state index contributed by atoms with van der Waals surface area (Å²) in [7, 11) is 0. The van der Waals surface area contributed by atoms with Crippen LogP contribution in [0.3, 0.4) is 0 Å². The van der Waals surface area contributed by atoms with Gasteiger partial charge in [-0.15, -0.1) is 6.42 Å². The Labute approximate surface area is 147 Å². The van der Waals surface area contributed by atoms with Crippen LogP contribution in [0.4, 0.5) is 5.69 Å². The van der Waals surface area contributed by atoms with Crippen LogP contribution in [0.15, 0.2) is 54.1 Å².